The van der Waals surface area contributed by atoms with Crippen molar-refractivity contribution in [2.45, 2.75) is 40.7 Å². The lowest BCUT2D eigenvalue weighted by Gasteiger charge is -2.01. The standard InChI is InChI=1S/C7H11FN2.C2H6/c1-5(2)10-4-6(3)7(8)9-10;1-2/h4-5H,1-3H3;1-2H3. The summed E-state index contributed by atoms with van der Waals surface area (Å²) >= 11 is 0. The van der Waals surface area contributed by atoms with E-state index in [-0.39, 0.29) is 12.0 Å². The van der Waals surface area contributed by atoms with Crippen molar-refractivity contribution in [3.63, 3.8) is 0 Å². The van der Waals surface area contributed by atoms with Gasteiger partial charge in [-0.3, -0.25) is 4.68 Å². The molecular formula is C9H17FN2. The Morgan fingerprint density at radius 1 is 1.42 bits per heavy atom. The van der Waals surface area contributed by atoms with Crippen molar-refractivity contribution in [2.75, 3.05) is 0 Å². The first kappa shape index (κ1) is 11.1. The summed E-state index contributed by atoms with van der Waals surface area (Å²) in [6.07, 6.45) is 1.71. The Balaban J connectivity index is 0.000000561. The van der Waals surface area contributed by atoms with E-state index in [4.69, 9.17) is 0 Å². The Morgan fingerprint density at radius 3 is 2.08 bits per heavy atom. The largest absolute Gasteiger partial charge is 0.267 e. The van der Waals surface area contributed by atoms with Crippen molar-refractivity contribution < 1.29 is 4.39 Å². The summed E-state index contributed by atoms with van der Waals surface area (Å²) in [6.45, 7) is 9.64. The normalized spacial score (nSPS) is 9.58. The average molecular weight is 172 g/mol. The van der Waals surface area contributed by atoms with Gasteiger partial charge in [-0.05, 0) is 20.8 Å². The molecule has 0 saturated heterocycles. The molecule has 0 atom stereocenters. The van der Waals surface area contributed by atoms with Crippen LogP contribution in [0.5, 0.6) is 0 Å². The van der Waals surface area contributed by atoms with E-state index in [2.05, 4.69) is 5.10 Å². The van der Waals surface area contributed by atoms with Crippen LogP contribution >= 0.6 is 0 Å². The lowest BCUT2D eigenvalue weighted by atomic mass is 10.4. The topological polar surface area (TPSA) is 17.8 Å². The Morgan fingerprint density at radius 2 is 1.92 bits per heavy atom. The number of nitrogens with zero attached hydrogens (tertiary/aromatic N) is 2. The van der Waals surface area contributed by atoms with Gasteiger partial charge in [0.15, 0.2) is 0 Å². The lowest BCUT2D eigenvalue weighted by molar-refractivity contribution is 0.480. The van der Waals surface area contributed by atoms with E-state index >= 15 is 0 Å². The van der Waals surface area contributed by atoms with Crippen molar-refractivity contribution in [3.05, 3.63) is 17.7 Å². The van der Waals surface area contributed by atoms with Gasteiger partial charge >= 0.3 is 0 Å². The molecule has 0 unspecified atom stereocenters. The van der Waals surface area contributed by atoms with Gasteiger partial charge in [-0.2, -0.15) is 4.39 Å². The van der Waals surface area contributed by atoms with Gasteiger partial charge < -0.3 is 0 Å². The molecule has 2 nitrogen and oxygen atoms in total. The van der Waals surface area contributed by atoms with Crippen molar-refractivity contribution in [1.82, 2.24) is 9.78 Å². The van der Waals surface area contributed by atoms with Crippen molar-refractivity contribution in [1.29, 1.82) is 0 Å². The molecule has 1 aromatic rings. The van der Waals surface area contributed by atoms with Crippen LogP contribution in [0.15, 0.2) is 6.20 Å². The maximum absolute atomic E-state index is 12.6. The Labute approximate surface area is 73.4 Å². The molecule has 0 aliphatic carbocycles. The number of halogens is 1. The maximum atomic E-state index is 12.6. The third-order valence-corrected chi connectivity index (χ3v) is 1.38. The van der Waals surface area contributed by atoms with Crippen molar-refractivity contribution >= 4 is 0 Å². The molecular weight excluding hydrogens is 155 g/mol. The SMILES string of the molecule is CC.Cc1cn(C(C)C)nc1F. The highest BCUT2D eigenvalue weighted by atomic mass is 19.1. The Bertz CT molecular complexity index is 209. The molecule has 0 saturated carbocycles. The monoisotopic (exact) mass is 172 g/mol. The molecule has 0 fully saturated rings. The molecule has 1 rings (SSSR count). The first-order chi connectivity index (χ1) is 5.61. The van der Waals surface area contributed by atoms with Crippen LogP contribution in [0.4, 0.5) is 4.39 Å². The van der Waals surface area contributed by atoms with Gasteiger partial charge in [-0.15, -0.1) is 5.10 Å². The van der Waals surface area contributed by atoms with Crippen LogP contribution in [0.2, 0.25) is 0 Å². The van der Waals surface area contributed by atoms with E-state index < -0.39 is 0 Å². The summed E-state index contributed by atoms with van der Waals surface area (Å²) in [4.78, 5) is 0. The third kappa shape index (κ3) is 2.64. The van der Waals surface area contributed by atoms with Crippen LogP contribution in [-0.2, 0) is 0 Å². The molecule has 0 spiro atoms. The molecule has 1 aromatic heterocycles. The number of hydrogen-bond donors (Lipinski definition) is 0. The molecule has 0 aromatic carbocycles. The van der Waals surface area contributed by atoms with Gasteiger partial charge in [0.2, 0.25) is 5.95 Å². The van der Waals surface area contributed by atoms with Crippen LogP contribution in [0.1, 0.15) is 39.3 Å². The van der Waals surface area contributed by atoms with Crippen molar-refractivity contribution in [2.24, 2.45) is 0 Å². The zero-order chi connectivity index (χ0) is 9.72. The molecule has 70 valence electrons. The number of rotatable bonds is 1. The molecule has 3 heteroatoms. The summed E-state index contributed by atoms with van der Waals surface area (Å²) in [5, 5.41) is 3.66. The van der Waals surface area contributed by atoms with E-state index in [0.717, 1.165) is 0 Å². The van der Waals surface area contributed by atoms with Gasteiger partial charge in [0.1, 0.15) is 0 Å². The van der Waals surface area contributed by atoms with E-state index in [9.17, 15) is 4.39 Å². The van der Waals surface area contributed by atoms with Gasteiger partial charge in [0.25, 0.3) is 0 Å². The summed E-state index contributed by atoms with van der Waals surface area (Å²) < 4.78 is 14.2. The highest BCUT2D eigenvalue weighted by molar-refractivity contribution is 5.02. The predicted molar refractivity (Wildman–Crippen MR) is 48.7 cm³/mol. The van der Waals surface area contributed by atoms with E-state index in [1.54, 1.807) is 17.8 Å². The summed E-state index contributed by atoms with van der Waals surface area (Å²) in [7, 11) is 0. The minimum atomic E-state index is -0.367. The van der Waals surface area contributed by atoms with Gasteiger partial charge in [0.05, 0.1) is 0 Å². The molecule has 0 N–H and O–H groups in total. The first-order valence-corrected chi connectivity index (χ1v) is 4.32. The molecule has 1 heterocycles. The van der Waals surface area contributed by atoms with Crippen LogP contribution in [0.25, 0.3) is 0 Å². The minimum absolute atomic E-state index is 0.239. The van der Waals surface area contributed by atoms with Crippen LogP contribution in [0.3, 0.4) is 0 Å². The number of aromatic nitrogens is 2. The maximum Gasteiger partial charge on any atom is 0.235 e. The van der Waals surface area contributed by atoms with Crippen LogP contribution in [-0.4, -0.2) is 9.78 Å². The van der Waals surface area contributed by atoms with Gasteiger partial charge in [-0.25, -0.2) is 0 Å². The fraction of sp³-hybridized carbons (Fsp3) is 0.667. The van der Waals surface area contributed by atoms with Crippen LogP contribution in [0, 0.1) is 12.9 Å². The molecule has 0 aliphatic heterocycles. The fourth-order valence-electron chi connectivity index (χ4n) is 0.725. The molecule has 0 aliphatic rings. The molecule has 0 amide bonds. The molecule has 0 bridgehead atoms. The third-order valence-electron chi connectivity index (χ3n) is 1.38. The van der Waals surface area contributed by atoms with Gasteiger partial charge in [-0.1, -0.05) is 13.8 Å². The average Bonchev–Trinajstić information content (AvgIpc) is 2.36. The first-order valence-electron chi connectivity index (χ1n) is 4.32. The predicted octanol–water partition coefficient (Wildman–Crippen LogP) is 2.94. The van der Waals surface area contributed by atoms with E-state index in [1.165, 1.54) is 0 Å². The smallest absolute Gasteiger partial charge is 0.235 e. The summed E-state index contributed by atoms with van der Waals surface area (Å²) in [5.41, 5.74) is 0.605. The second-order valence-corrected chi connectivity index (χ2v) is 2.68. The summed E-state index contributed by atoms with van der Waals surface area (Å²) in [6, 6.07) is 0.239. The van der Waals surface area contributed by atoms with E-state index in [0.29, 0.717) is 5.56 Å². The Hall–Kier alpha value is -0.860. The highest BCUT2D eigenvalue weighted by Gasteiger charge is 2.04. The quantitative estimate of drug-likeness (QED) is 0.636. The second kappa shape index (κ2) is 4.91. The zero-order valence-corrected chi connectivity index (χ0v) is 8.43. The molecule has 0 radical (unpaired) electrons. The lowest BCUT2D eigenvalue weighted by Crippen LogP contribution is -2.00. The second-order valence-electron chi connectivity index (χ2n) is 2.68. The zero-order valence-electron chi connectivity index (χ0n) is 8.43. The van der Waals surface area contributed by atoms with Gasteiger partial charge in [0, 0.05) is 17.8 Å². The fourth-order valence-corrected chi connectivity index (χ4v) is 0.725. The number of hydrogen-bond acceptors (Lipinski definition) is 1. The number of aryl methyl sites for hydroxylation is 1. The molecule has 12 heavy (non-hydrogen) atoms. The minimum Gasteiger partial charge on any atom is -0.267 e. The summed E-state index contributed by atoms with van der Waals surface area (Å²) in [5.74, 6) is -0.367. The van der Waals surface area contributed by atoms with E-state index in [1.807, 2.05) is 27.7 Å². The van der Waals surface area contributed by atoms with Crippen molar-refractivity contribution in [3.8, 4) is 0 Å². The highest BCUT2D eigenvalue weighted by Crippen LogP contribution is 2.07. The van der Waals surface area contributed by atoms with Crippen LogP contribution < -0.4 is 0 Å². The Kier molecular flexibility index (Phi) is 4.55.